The lowest BCUT2D eigenvalue weighted by atomic mass is 10.1. The molecule has 176 valence electrons. The van der Waals surface area contributed by atoms with E-state index >= 15 is 0 Å². The molecule has 6 rings (SSSR count). The average molecular weight is 523 g/mol. The monoisotopic (exact) mass is 522 g/mol. The lowest BCUT2D eigenvalue weighted by Gasteiger charge is -2.40. The van der Waals surface area contributed by atoms with Crippen LogP contribution in [-0.4, -0.2) is 56.1 Å². The van der Waals surface area contributed by atoms with Gasteiger partial charge in [0.15, 0.2) is 11.5 Å². The zero-order chi connectivity index (χ0) is 24.1. The van der Waals surface area contributed by atoms with Crippen LogP contribution in [0.25, 0.3) is 27.3 Å². The van der Waals surface area contributed by atoms with Crippen molar-refractivity contribution in [2.45, 2.75) is 13.0 Å². The summed E-state index contributed by atoms with van der Waals surface area (Å²) < 4.78 is 2.04. The smallest absolute Gasteiger partial charge is 0.254 e. The predicted octanol–water partition coefficient (Wildman–Crippen LogP) is 5.66. The standard InChI is InChI=1S/C25H20Cl2N6OS/c1-15-14-31(10-11-32(15)24(34)16-8-9-18(26)19(27)13-16)25-28-20-6-3-2-5-17(20)22-29-30-23(33(22)25)21-7-4-12-35-21/h2-9,12-13,15H,10-11,14H2,1H3/t15-/m1/s1. The number of carbonyl (C=O) groups excluding carboxylic acids is 1. The summed E-state index contributed by atoms with van der Waals surface area (Å²) in [6.45, 7) is 3.84. The number of nitrogens with zero attached hydrogens (tertiary/aromatic N) is 6. The van der Waals surface area contributed by atoms with Crippen LogP contribution in [0.15, 0.2) is 60.0 Å². The molecule has 1 fully saturated rings. The second kappa shape index (κ2) is 8.78. The summed E-state index contributed by atoms with van der Waals surface area (Å²) in [5, 5.41) is 12.9. The highest BCUT2D eigenvalue weighted by Gasteiger charge is 2.31. The topological polar surface area (TPSA) is 66.6 Å². The first kappa shape index (κ1) is 22.3. The molecular weight excluding hydrogens is 503 g/mol. The van der Waals surface area contributed by atoms with Gasteiger partial charge >= 0.3 is 0 Å². The van der Waals surface area contributed by atoms with Crippen molar-refractivity contribution in [1.82, 2.24) is 24.5 Å². The van der Waals surface area contributed by atoms with E-state index in [0.717, 1.165) is 33.2 Å². The largest absolute Gasteiger partial charge is 0.338 e. The molecule has 0 bridgehead atoms. The minimum atomic E-state index is -0.0593. The quantitative estimate of drug-likeness (QED) is 0.305. The van der Waals surface area contributed by atoms with Crippen molar-refractivity contribution in [3.63, 3.8) is 0 Å². The number of benzene rings is 2. The lowest BCUT2D eigenvalue weighted by Crippen LogP contribution is -2.54. The Balaban J connectivity index is 1.38. The number of piperazine rings is 1. The number of para-hydroxylation sites is 1. The number of fused-ring (bicyclic) bond motifs is 3. The van der Waals surface area contributed by atoms with Crippen molar-refractivity contribution in [3.05, 3.63) is 75.6 Å². The summed E-state index contributed by atoms with van der Waals surface area (Å²) in [7, 11) is 0. The summed E-state index contributed by atoms with van der Waals surface area (Å²) >= 11 is 13.8. The van der Waals surface area contributed by atoms with Gasteiger partial charge in [-0.05, 0) is 48.7 Å². The van der Waals surface area contributed by atoms with Crippen LogP contribution in [0.5, 0.6) is 0 Å². The lowest BCUT2D eigenvalue weighted by molar-refractivity contribution is 0.0673. The van der Waals surface area contributed by atoms with Crippen molar-refractivity contribution >= 4 is 62.9 Å². The van der Waals surface area contributed by atoms with Gasteiger partial charge in [-0.25, -0.2) is 9.38 Å². The van der Waals surface area contributed by atoms with Crippen molar-refractivity contribution in [3.8, 4) is 10.7 Å². The number of rotatable bonds is 3. The first-order valence-electron chi connectivity index (χ1n) is 11.2. The second-order valence-corrected chi connectivity index (χ2v) is 10.3. The van der Waals surface area contributed by atoms with Gasteiger partial charge in [-0.3, -0.25) is 4.79 Å². The van der Waals surface area contributed by atoms with Crippen molar-refractivity contribution in [2.75, 3.05) is 24.5 Å². The maximum atomic E-state index is 13.2. The van der Waals surface area contributed by atoms with E-state index in [2.05, 4.69) is 15.1 Å². The highest BCUT2D eigenvalue weighted by atomic mass is 35.5. The third-order valence-electron chi connectivity index (χ3n) is 6.31. The number of hydrogen-bond donors (Lipinski definition) is 0. The van der Waals surface area contributed by atoms with Crippen molar-refractivity contribution in [1.29, 1.82) is 0 Å². The molecule has 35 heavy (non-hydrogen) atoms. The van der Waals surface area contributed by atoms with Gasteiger partial charge in [0, 0.05) is 36.6 Å². The maximum Gasteiger partial charge on any atom is 0.254 e. The molecule has 2 aromatic carbocycles. The Morgan fingerprint density at radius 3 is 2.66 bits per heavy atom. The molecule has 0 aliphatic carbocycles. The van der Waals surface area contributed by atoms with Crippen LogP contribution >= 0.6 is 34.5 Å². The van der Waals surface area contributed by atoms with E-state index in [1.807, 2.05) is 58.0 Å². The normalized spacial score (nSPS) is 16.4. The number of thiophene rings is 1. The molecular formula is C25H20Cl2N6OS. The Morgan fingerprint density at radius 2 is 1.89 bits per heavy atom. The fourth-order valence-electron chi connectivity index (χ4n) is 4.58. The minimum absolute atomic E-state index is 0.0457. The molecule has 0 radical (unpaired) electrons. The molecule has 1 aliphatic rings. The Labute approximate surface area is 215 Å². The molecule has 10 heteroatoms. The van der Waals surface area contributed by atoms with E-state index in [1.54, 1.807) is 29.5 Å². The van der Waals surface area contributed by atoms with Gasteiger partial charge in [0.05, 0.1) is 20.4 Å². The van der Waals surface area contributed by atoms with Crippen molar-refractivity contribution < 1.29 is 4.79 Å². The third-order valence-corrected chi connectivity index (χ3v) is 7.91. The molecule has 7 nitrogen and oxygen atoms in total. The average Bonchev–Trinajstić information content (AvgIpc) is 3.55. The second-order valence-electron chi connectivity index (χ2n) is 8.51. The minimum Gasteiger partial charge on any atom is -0.338 e. The van der Waals surface area contributed by atoms with Gasteiger partial charge in [0.25, 0.3) is 5.91 Å². The van der Waals surface area contributed by atoms with Crippen LogP contribution in [0.3, 0.4) is 0 Å². The SMILES string of the molecule is C[C@@H]1CN(c2nc3ccccc3c3nnc(-c4cccs4)n23)CCN1C(=O)c1ccc(Cl)c(Cl)c1. The number of anilines is 1. The molecule has 5 aromatic rings. The highest BCUT2D eigenvalue weighted by molar-refractivity contribution is 7.13. The van der Waals surface area contributed by atoms with Crippen molar-refractivity contribution in [2.24, 2.45) is 0 Å². The van der Waals surface area contributed by atoms with E-state index in [1.165, 1.54) is 0 Å². The van der Waals surface area contributed by atoms with E-state index in [4.69, 9.17) is 28.2 Å². The third kappa shape index (κ3) is 3.82. The molecule has 0 spiro atoms. The Morgan fingerprint density at radius 1 is 1.03 bits per heavy atom. The molecule has 0 saturated carbocycles. The molecule has 1 amide bonds. The fourth-order valence-corrected chi connectivity index (χ4v) is 5.58. The van der Waals surface area contributed by atoms with Gasteiger partial charge in [-0.15, -0.1) is 21.5 Å². The summed E-state index contributed by atoms with van der Waals surface area (Å²) in [6, 6.07) is 17.0. The Kier molecular flexibility index (Phi) is 5.59. The molecule has 0 N–H and O–H groups in total. The van der Waals surface area contributed by atoms with Crippen LogP contribution in [0.1, 0.15) is 17.3 Å². The van der Waals surface area contributed by atoms with Crippen LogP contribution in [-0.2, 0) is 0 Å². The Hall–Kier alpha value is -3.20. The van der Waals surface area contributed by atoms with E-state index in [0.29, 0.717) is 35.2 Å². The number of hydrogen-bond acceptors (Lipinski definition) is 6. The van der Waals surface area contributed by atoms with Gasteiger partial charge in [-0.2, -0.15) is 0 Å². The van der Waals surface area contributed by atoms with E-state index in [-0.39, 0.29) is 11.9 Å². The fraction of sp³-hybridized carbons (Fsp3) is 0.200. The van der Waals surface area contributed by atoms with Crippen LogP contribution < -0.4 is 4.90 Å². The first-order valence-corrected chi connectivity index (χ1v) is 12.8. The van der Waals surface area contributed by atoms with Crippen LogP contribution in [0.4, 0.5) is 5.95 Å². The summed E-state index contributed by atoms with van der Waals surface area (Å²) in [5.74, 6) is 1.49. The summed E-state index contributed by atoms with van der Waals surface area (Å²) in [6.07, 6.45) is 0. The van der Waals surface area contributed by atoms with E-state index < -0.39 is 0 Å². The number of amides is 1. The molecule has 1 atom stereocenters. The van der Waals surface area contributed by atoms with Gasteiger partial charge in [0.1, 0.15) is 0 Å². The first-order chi connectivity index (χ1) is 17.0. The van der Waals surface area contributed by atoms with Gasteiger partial charge < -0.3 is 9.80 Å². The predicted molar refractivity (Wildman–Crippen MR) is 141 cm³/mol. The summed E-state index contributed by atoms with van der Waals surface area (Å²) in [4.78, 5) is 23.4. The maximum absolute atomic E-state index is 13.2. The Bertz CT molecular complexity index is 1570. The number of halogens is 2. The zero-order valence-corrected chi connectivity index (χ0v) is 21.1. The molecule has 3 aromatic heterocycles. The zero-order valence-electron chi connectivity index (χ0n) is 18.7. The number of aromatic nitrogens is 4. The van der Waals surface area contributed by atoms with Gasteiger partial charge in [0.2, 0.25) is 5.95 Å². The highest BCUT2D eigenvalue weighted by Crippen LogP contribution is 2.31. The molecule has 4 heterocycles. The number of carbonyl (C=O) groups is 1. The molecule has 1 aliphatic heterocycles. The summed E-state index contributed by atoms with van der Waals surface area (Å²) in [5.41, 5.74) is 2.17. The molecule has 0 unspecified atom stereocenters. The molecule has 1 saturated heterocycles. The van der Waals surface area contributed by atoms with Crippen LogP contribution in [0.2, 0.25) is 10.0 Å². The van der Waals surface area contributed by atoms with Crippen LogP contribution in [0, 0.1) is 0 Å². The van der Waals surface area contributed by atoms with Gasteiger partial charge in [-0.1, -0.05) is 41.4 Å². The van der Waals surface area contributed by atoms with E-state index in [9.17, 15) is 4.79 Å².